The highest BCUT2D eigenvalue weighted by atomic mass is 16.4. The van der Waals surface area contributed by atoms with Gasteiger partial charge < -0.3 is 15.3 Å². The van der Waals surface area contributed by atoms with Crippen LogP contribution in [-0.2, 0) is 4.79 Å². The van der Waals surface area contributed by atoms with Gasteiger partial charge in [0.15, 0.2) is 0 Å². The van der Waals surface area contributed by atoms with Gasteiger partial charge in [-0.1, -0.05) is 6.92 Å². The summed E-state index contributed by atoms with van der Waals surface area (Å²) in [6.07, 6.45) is 1.24. The van der Waals surface area contributed by atoms with Crippen molar-refractivity contribution < 1.29 is 14.7 Å². The SMILES string of the molecule is CC1CC1NC(=O)N1CC(CC(=O)O)C1. The third-order valence-electron chi connectivity index (χ3n) is 3.13. The van der Waals surface area contributed by atoms with Crippen LogP contribution in [0.15, 0.2) is 0 Å². The summed E-state index contributed by atoms with van der Waals surface area (Å²) in [6.45, 7) is 3.27. The van der Waals surface area contributed by atoms with Crippen molar-refractivity contribution in [2.75, 3.05) is 13.1 Å². The molecule has 0 spiro atoms. The molecular formula is C10H16N2O3. The van der Waals surface area contributed by atoms with E-state index >= 15 is 0 Å². The second-order valence-corrected chi connectivity index (χ2v) is 4.64. The van der Waals surface area contributed by atoms with E-state index in [4.69, 9.17) is 5.11 Å². The molecule has 1 saturated heterocycles. The Hall–Kier alpha value is -1.26. The molecule has 1 heterocycles. The van der Waals surface area contributed by atoms with Crippen LogP contribution in [0.2, 0.25) is 0 Å². The predicted molar refractivity (Wildman–Crippen MR) is 53.4 cm³/mol. The molecule has 1 aliphatic heterocycles. The van der Waals surface area contributed by atoms with Gasteiger partial charge in [0.25, 0.3) is 0 Å². The van der Waals surface area contributed by atoms with Crippen LogP contribution in [0.25, 0.3) is 0 Å². The predicted octanol–water partition coefficient (Wildman–Crippen LogP) is 0.511. The van der Waals surface area contributed by atoms with E-state index in [1.807, 2.05) is 0 Å². The van der Waals surface area contributed by atoms with Crippen molar-refractivity contribution in [1.29, 1.82) is 0 Å². The van der Waals surface area contributed by atoms with Gasteiger partial charge >= 0.3 is 12.0 Å². The number of likely N-dealkylation sites (tertiary alicyclic amines) is 1. The van der Waals surface area contributed by atoms with Gasteiger partial charge in [-0.3, -0.25) is 4.79 Å². The van der Waals surface area contributed by atoms with Crippen molar-refractivity contribution in [2.45, 2.75) is 25.8 Å². The Balaban J connectivity index is 1.65. The third-order valence-corrected chi connectivity index (χ3v) is 3.13. The van der Waals surface area contributed by atoms with E-state index < -0.39 is 5.97 Å². The Labute approximate surface area is 88.4 Å². The molecule has 0 radical (unpaired) electrons. The van der Waals surface area contributed by atoms with Crippen LogP contribution < -0.4 is 5.32 Å². The Kier molecular flexibility index (Phi) is 2.54. The lowest BCUT2D eigenvalue weighted by Gasteiger charge is -2.38. The van der Waals surface area contributed by atoms with Gasteiger partial charge in [0.05, 0.1) is 6.42 Å². The maximum Gasteiger partial charge on any atom is 0.317 e. The van der Waals surface area contributed by atoms with Crippen molar-refractivity contribution in [3.63, 3.8) is 0 Å². The first-order valence-electron chi connectivity index (χ1n) is 5.33. The van der Waals surface area contributed by atoms with Gasteiger partial charge in [0, 0.05) is 25.0 Å². The van der Waals surface area contributed by atoms with Crippen LogP contribution >= 0.6 is 0 Å². The lowest BCUT2D eigenvalue weighted by Crippen LogP contribution is -2.54. The fourth-order valence-corrected chi connectivity index (χ4v) is 1.88. The average Bonchev–Trinajstić information content (AvgIpc) is 2.72. The van der Waals surface area contributed by atoms with Crippen molar-refractivity contribution >= 4 is 12.0 Å². The molecule has 0 aromatic rings. The van der Waals surface area contributed by atoms with E-state index in [9.17, 15) is 9.59 Å². The van der Waals surface area contributed by atoms with E-state index in [-0.39, 0.29) is 18.4 Å². The minimum absolute atomic E-state index is 0.0361. The Morgan fingerprint density at radius 3 is 2.53 bits per heavy atom. The highest BCUT2D eigenvalue weighted by Crippen LogP contribution is 2.29. The lowest BCUT2D eigenvalue weighted by molar-refractivity contribution is -0.139. The van der Waals surface area contributed by atoms with Crippen LogP contribution in [-0.4, -0.2) is 41.1 Å². The van der Waals surface area contributed by atoms with E-state index in [0.29, 0.717) is 25.0 Å². The summed E-state index contributed by atoms with van der Waals surface area (Å²) in [4.78, 5) is 23.6. The quantitative estimate of drug-likeness (QED) is 0.716. The lowest BCUT2D eigenvalue weighted by atomic mass is 9.97. The first kappa shape index (κ1) is 10.3. The second-order valence-electron chi connectivity index (χ2n) is 4.64. The molecular weight excluding hydrogens is 196 g/mol. The molecule has 0 aromatic carbocycles. The topological polar surface area (TPSA) is 69.6 Å². The Bertz CT molecular complexity index is 286. The number of hydrogen-bond acceptors (Lipinski definition) is 2. The number of hydrogen-bond donors (Lipinski definition) is 2. The van der Waals surface area contributed by atoms with Gasteiger partial charge in [-0.05, 0) is 12.3 Å². The number of carbonyl (C=O) groups excluding carboxylic acids is 1. The molecule has 1 saturated carbocycles. The molecule has 5 nitrogen and oxygen atoms in total. The Morgan fingerprint density at radius 2 is 2.07 bits per heavy atom. The van der Waals surface area contributed by atoms with Crippen LogP contribution in [0.3, 0.4) is 0 Å². The molecule has 2 amide bonds. The molecule has 2 atom stereocenters. The molecule has 2 unspecified atom stereocenters. The molecule has 2 aliphatic rings. The minimum Gasteiger partial charge on any atom is -0.481 e. The number of nitrogens with zero attached hydrogens (tertiary/aromatic N) is 1. The number of rotatable bonds is 3. The molecule has 5 heteroatoms. The average molecular weight is 212 g/mol. The van der Waals surface area contributed by atoms with E-state index in [2.05, 4.69) is 12.2 Å². The van der Waals surface area contributed by atoms with Crippen LogP contribution in [0.4, 0.5) is 4.79 Å². The first-order chi connectivity index (χ1) is 7.06. The zero-order chi connectivity index (χ0) is 11.0. The fraction of sp³-hybridized carbons (Fsp3) is 0.800. The van der Waals surface area contributed by atoms with Gasteiger partial charge in [0.1, 0.15) is 0 Å². The summed E-state index contributed by atoms with van der Waals surface area (Å²) in [5.41, 5.74) is 0. The van der Waals surface area contributed by atoms with Crippen molar-refractivity contribution in [3.05, 3.63) is 0 Å². The number of aliphatic carboxylic acids is 1. The molecule has 2 rings (SSSR count). The number of nitrogens with one attached hydrogen (secondary N) is 1. The summed E-state index contributed by atoms with van der Waals surface area (Å²) in [6, 6.07) is 0.307. The van der Waals surface area contributed by atoms with Gasteiger partial charge in [-0.25, -0.2) is 4.79 Å². The summed E-state index contributed by atoms with van der Waals surface area (Å²) >= 11 is 0. The number of amides is 2. The van der Waals surface area contributed by atoms with Gasteiger partial charge in [0.2, 0.25) is 0 Å². The van der Waals surface area contributed by atoms with Crippen molar-refractivity contribution in [3.8, 4) is 0 Å². The summed E-state index contributed by atoms with van der Waals surface area (Å²) < 4.78 is 0. The summed E-state index contributed by atoms with van der Waals surface area (Å²) in [5.74, 6) is -0.0363. The highest BCUT2D eigenvalue weighted by Gasteiger charge is 2.38. The monoisotopic (exact) mass is 212 g/mol. The molecule has 1 aliphatic carbocycles. The maximum atomic E-state index is 11.5. The molecule has 84 valence electrons. The van der Waals surface area contributed by atoms with E-state index in [1.165, 1.54) is 0 Å². The minimum atomic E-state index is -0.782. The van der Waals surface area contributed by atoms with Gasteiger partial charge in [-0.15, -0.1) is 0 Å². The largest absolute Gasteiger partial charge is 0.481 e. The number of carboxylic acids is 1. The van der Waals surface area contributed by atoms with Crippen molar-refractivity contribution in [2.24, 2.45) is 11.8 Å². The fourth-order valence-electron chi connectivity index (χ4n) is 1.88. The van der Waals surface area contributed by atoms with Crippen LogP contribution in [0.1, 0.15) is 19.8 Å². The zero-order valence-electron chi connectivity index (χ0n) is 8.77. The normalized spacial score (nSPS) is 29.5. The number of carboxylic acid groups (broad SMARTS) is 1. The van der Waals surface area contributed by atoms with E-state index in [1.54, 1.807) is 4.90 Å². The second kappa shape index (κ2) is 3.72. The molecule has 2 fully saturated rings. The maximum absolute atomic E-state index is 11.5. The molecule has 15 heavy (non-hydrogen) atoms. The molecule has 0 bridgehead atoms. The third kappa shape index (κ3) is 2.40. The standard InChI is InChI=1S/C10H16N2O3/c1-6-2-8(6)11-10(15)12-4-7(5-12)3-9(13)14/h6-8H,2-5H2,1H3,(H,11,15)(H,13,14). The Morgan fingerprint density at radius 1 is 1.47 bits per heavy atom. The number of carbonyl (C=O) groups is 2. The van der Waals surface area contributed by atoms with Gasteiger partial charge in [-0.2, -0.15) is 0 Å². The van der Waals surface area contributed by atoms with Crippen LogP contribution in [0, 0.1) is 11.8 Å². The zero-order valence-corrected chi connectivity index (χ0v) is 8.77. The smallest absolute Gasteiger partial charge is 0.317 e. The summed E-state index contributed by atoms with van der Waals surface area (Å²) in [7, 11) is 0. The number of urea groups is 1. The summed E-state index contributed by atoms with van der Waals surface area (Å²) in [5, 5.41) is 11.5. The van der Waals surface area contributed by atoms with Crippen molar-refractivity contribution in [1.82, 2.24) is 10.2 Å². The van der Waals surface area contributed by atoms with Crippen LogP contribution in [0.5, 0.6) is 0 Å². The highest BCUT2D eigenvalue weighted by molar-refractivity contribution is 5.76. The molecule has 0 aromatic heterocycles. The molecule has 2 N–H and O–H groups in total. The first-order valence-corrected chi connectivity index (χ1v) is 5.33. The van der Waals surface area contributed by atoms with E-state index in [0.717, 1.165) is 6.42 Å².